The molecule has 11 atom stereocenters. The fourth-order valence-electron chi connectivity index (χ4n) is 5.29. The maximum atomic E-state index is 12.7. The van der Waals surface area contributed by atoms with Gasteiger partial charge in [-0.05, 0) is 25.8 Å². The first-order valence-electron chi connectivity index (χ1n) is 13.4. The first kappa shape index (κ1) is 31.9. The normalized spacial score (nSPS) is 42.0. The van der Waals surface area contributed by atoms with Crippen LogP contribution < -0.4 is 10.6 Å². The highest BCUT2D eigenvalue weighted by Gasteiger charge is 2.58. The van der Waals surface area contributed by atoms with E-state index in [0.717, 1.165) is 19.5 Å². The van der Waals surface area contributed by atoms with Crippen LogP contribution in [-0.4, -0.2) is 172 Å². The van der Waals surface area contributed by atoms with E-state index in [-0.39, 0.29) is 18.5 Å². The van der Waals surface area contributed by atoms with Crippen LogP contribution in [0.4, 0.5) is 0 Å². The van der Waals surface area contributed by atoms with Gasteiger partial charge < -0.3 is 79.8 Å². The summed E-state index contributed by atoms with van der Waals surface area (Å²) in [5.74, 6) is -2.51. The second-order valence-corrected chi connectivity index (χ2v) is 10.4. The first-order valence-corrected chi connectivity index (χ1v) is 13.4. The van der Waals surface area contributed by atoms with Crippen molar-refractivity contribution in [3.05, 3.63) is 0 Å². The van der Waals surface area contributed by atoms with Gasteiger partial charge in [0.1, 0.15) is 55.6 Å². The van der Waals surface area contributed by atoms with E-state index >= 15 is 0 Å². The van der Waals surface area contributed by atoms with Gasteiger partial charge in [0.2, 0.25) is 11.7 Å². The summed E-state index contributed by atoms with van der Waals surface area (Å²) in [4.78, 5) is 14.2. The minimum Gasteiger partial charge on any atom is -0.402 e. The smallest absolute Gasteiger partial charge is 0.402 e. The zero-order chi connectivity index (χ0) is 29.0. The molecule has 0 aromatic rings. The number of aliphatic hydroxyl groups excluding tert-OH is 7. The third-order valence-corrected chi connectivity index (χ3v) is 7.69. The van der Waals surface area contributed by atoms with Crippen LogP contribution in [0.15, 0.2) is 0 Å². The standard InChI is InChI=1S/C22H40BN3O14/c27-8-12-17(31)20(34)22(10-28,38-12)39-21-19(33)18(32)16(30)13(37-21)9-36-23(35)40-15-2-1-5-26(15)14(29)7-25-11-3-4-24-6-11/h11-13,15-21,24-25,27-28,30-35H,1-10H2/t11-,12-,13-,15-,16-,17-,18+,19-,20+,21-,22+/m1/s1. The quantitative estimate of drug-likeness (QED) is 0.0962. The monoisotopic (exact) mass is 581 g/mol. The Morgan fingerprint density at radius 2 is 1.85 bits per heavy atom. The molecule has 4 aliphatic heterocycles. The Bertz CT molecular complexity index is 830. The van der Waals surface area contributed by atoms with Crippen molar-refractivity contribution >= 4 is 13.2 Å². The molecular formula is C22H40BN3O14. The van der Waals surface area contributed by atoms with Gasteiger partial charge in [0.25, 0.3) is 0 Å². The molecule has 1 amide bonds. The van der Waals surface area contributed by atoms with E-state index in [9.17, 15) is 45.6 Å². The number of hydrogen-bond donors (Lipinski definition) is 10. The molecule has 0 bridgehead atoms. The number of likely N-dealkylation sites (tertiary alicyclic amines) is 1. The van der Waals surface area contributed by atoms with Crippen molar-refractivity contribution in [1.29, 1.82) is 0 Å². The van der Waals surface area contributed by atoms with E-state index in [0.29, 0.717) is 19.4 Å². The zero-order valence-electron chi connectivity index (χ0n) is 21.9. The van der Waals surface area contributed by atoms with Crippen LogP contribution in [0.3, 0.4) is 0 Å². The predicted octanol–water partition coefficient (Wildman–Crippen LogP) is -6.48. The number of ether oxygens (including phenoxy) is 3. The van der Waals surface area contributed by atoms with Crippen LogP contribution in [0.25, 0.3) is 0 Å². The SMILES string of the molecule is O=C(CN[C@@H]1CCNC1)N1CCC[C@H]1OB(O)OC[C@H]1O[C@H](O[C@]2(CO)O[C@H](CO)[C@@H](O)[C@@H]2O)[C@H](O)[C@@H](O)[C@@H]1O. The molecule has 10 N–H and O–H groups in total. The summed E-state index contributed by atoms with van der Waals surface area (Å²) in [6.07, 6.45) is -12.2. The van der Waals surface area contributed by atoms with Gasteiger partial charge in [0.05, 0.1) is 19.8 Å². The fraction of sp³-hybridized carbons (Fsp3) is 0.955. The van der Waals surface area contributed by atoms with E-state index in [1.165, 1.54) is 4.90 Å². The molecule has 230 valence electrons. The molecule has 40 heavy (non-hydrogen) atoms. The second-order valence-electron chi connectivity index (χ2n) is 10.4. The van der Waals surface area contributed by atoms with Gasteiger partial charge in [-0.25, -0.2) is 0 Å². The molecule has 0 aromatic heterocycles. The Balaban J connectivity index is 1.29. The van der Waals surface area contributed by atoms with Crippen LogP contribution in [0.1, 0.15) is 19.3 Å². The number of aliphatic hydroxyl groups is 7. The lowest BCUT2D eigenvalue weighted by molar-refractivity contribution is -0.383. The van der Waals surface area contributed by atoms with Crippen molar-refractivity contribution < 1.29 is 69.1 Å². The maximum Gasteiger partial charge on any atom is 0.638 e. The predicted molar refractivity (Wildman–Crippen MR) is 131 cm³/mol. The summed E-state index contributed by atoms with van der Waals surface area (Å²) in [5.41, 5.74) is 0. The van der Waals surface area contributed by atoms with Crippen molar-refractivity contribution in [3.8, 4) is 0 Å². The van der Waals surface area contributed by atoms with Gasteiger partial charge in [0.15, 0.2) is 6.29 Å². The van der Waals surface area contributed by atoms with Gasteiger partial charge in [-0.3, -0.25) is 4.79 Å². The molecule has 4 saturated heterocycles. The Kier molecular flexibility index (Phi) is 11.1. The lowest BCUT2D eigenvalue weighted by Gasteiger charge is -2.43. The average molecular weight is 581 g/mol. The Labute approximate surface area is 230 Å². The van der Waals surface area contributed by atoms with Crippen molar-refractivity contribution in [2.24, 2.45) is 0 Å². The maximum absolute atomic E-state index is 12.7. The zero-order valence-corrected chi connectivity index (χ0v) is 21.9. The third-order valence-electron chi connectivity index (χ3n) is 7.69. The van der Waals surface area contributed by atoms with Gasteiger partial charge in [-0.1, -0.05) is 0 Å². The fourth-order valence-corrected chi connectivity index (χ4v) is 5.29. The van der Waals surface area contributed by atoms with Crippen molar-refractivity contribution in [1.82, 2.24) is 15.5 Å². The Morgan fingerprint density at radius 3 is 2.50 bits per heavy atom. The van der Waals surface area contributed by atoms with Crippen LogP contribution in [0, 0.1) is 0 Å². The van der Waals surface area contributed by atoms with Crippen molar-refractivity contribution in [3.63, 3.8) is 0 Å². The number of rotatable bonds is 12. The number of carbonyl (C=O) groups excluding carboxylic acids is 1. The van der Waals surface area contributed by atoms with E-state index in [4.69, 9.17) is 23.5 Å². The highest BCUT2D eigenvalue weighted by molar-refractivity contribution is 6.34. The van der Waals surface area contributed by atoms with Gasteiger partial charge >= 0.3 is 7.32 Å². The third kappa shape index (κ3) is 6.93. The minimum atomic E-state index is -2.32. The minimum absolute atomic E-state index is 0.122. The summed E-state index contributed by atoms with van der Waals surface area (Å²) in [6.45, 7) is -0.0711. The number of nitrogens with zero attached hydrogens (tertiary/aromatic N) is 1. The average Bonchev–Trinajstić information content (AvgIpc) is 3.69. The molecule has 4 aliphatic rings. The summed E-state index contributed by atoms with van der Waals surface area (Å²) in [6, 6.07) is 0.209. The van der Waals surface area contributed by atoms with Gasteiger partial charge in [-0.15, -0.1) is 0 Å². The molecule has 0 radical (unpaired) electrons. The molecule has 4 rings (SSSR count). The van der Waals surface area contributed by atoms with Gasteiger partial charge in [0, 0.05) is 19.1 Å². The van der Waals surface area contributed by atoms with Crippen LogP contribution in [-0.2, 0) is 28.3 Å². The molecule has 0 unspecified atom stereocenters. The van der Waals surface area contributed by atoms with E-state index in [1.807, 2.05) is 0 Å². The molecule has 4 heterocycles. The molecule has 0 aliphatic carbocycles. The van der Waals surface area contributed by atoms with E-state index < -0.39 is 88.2 Å². The number of amides is 1. The molecule has 0 spiro atoms. The highest BCUT2D eigenvalue weighted by atomic mass is 16.8. The number of nitrogens with one attached hydrogen (secondary N) is 2. The molecule has 0 saturated carbocycles. The molecule has 0 aromatic carbocycles. The Hall–Kier alpha value is -1.07. The largest absolute Gasteiger partial charge is 0.638 e. The molecule has 17 nitrogen and oxygen atoms in total. The van der Waals surface area contributed by atoms with E-state index in [1.54, 1.807) is 0 Å². The van der Waals surface area contributed by atoms with E-state index in [2.05, 4.69) is 10.6 Å². The summed E-state index contributed by atoms with van der Waals surface area (Å²) in [5, 5.41) is 87.4. The van der Waals surface area contributed by atoms with Crippen molar-refractivity contribution in [2.45, 2.75) is 86.3 Å². The lowest BCUT2D eigenvalue weighted by atomic mass is 9.98. The molecular weight excluding hydrogens is 541 g/mol. The molecule has 18 heteroatoms. The van der Waals surface area contributed by atoms with Crippen molar-refractivity contribution in [2.75, 3.05) is 46.0 Å². The van der Waals surface area contributed by atoms with Crippen LogP contribution in [0.2, 0.25) is 0 Å². The summed E-state index contributed by atoms with van der Waals surface area (Å²) < 4.78 is 26.9. The van der Waals surface area contributed by atoms with Crippen LogP contribution >= 0.6 is 0 Å². The Morgan fingerprint density at radius 1 is 1.07 bits per heavy atom. The van der Waals surface area contributed by atoms with Gasteiger partial charge in [-0.2, -0.15) is 0 Å². The lowest BCUT2D eigenvalue weighted by Crippen LogP contribution is -2.63. The molecule has 4 fully saturated rings. The second kappa shape index (κ2) is 13.9. The number of hydrogen-bond acceptors (Lipinski definition) is 16. The number of carbonyl (C=O) groups is 1. The van der Waals surface area contributed by atoms with Crippen LogP contribution in [0.5, 0.6) is 0 Å². The summed E-state index contributed by atoms with van der Waals surface area (Å²) >= 11 is 0. The summed E-state index contributed by atoms with van der Waals surface area (Å²) in [7, 11) is -1.84. The first-order chi connectivity index (χ1) is 19.1. The highest BCUT2D eigenvalue weighted by Crippen LogP contribution is 2.36. The topological polar surface area (TPSA) is 252 Å².